The lowest BCUT2D eigenvalue weighted by Gasteiger charge is -2.36. The minimum atomic E-state index is -3.41. The Bertz CT molecular complexity index is 892. The molecule has 5 nitrogen and oxygen atoms in total. The third-order valence-corrected chi connectivity index (χ3v) is 6.36. The highest BCUT2D eigenvalue weighted by Gasteiger charge is 2.28. The number of carbonyl (C=O) groups is 1. The Morgan fingerprint density at radius 3 is 2.27 bits per heavy atom. The summed E-state index contributed by atoms with van der Waals surface area (Å²) < 4.78 is 40.7. The summed E-state index contributed by atoms with van der Waals surface area (Å²) in [5.74, 6) is -0.918. The van der Waals surface area contributed by atoms with Crippen molar-refractivity contribution in [2.45, 2.75) is 12.7 Å². The zero-order valence-corrected chi connectivity index (χ0v) is 15.4. The van der Waals surface area contributed by atoms with E-state index < -0.39 is 15.8 Å². The molecule has 26 heavy (non-hydrogen) atoms. The first kappa shape index (κ1) is 18.5. The fourth-order valence-corrected chi connectivity index (χ4v) is 4.72. The second kappa shape index (κ2) is 7.55. The van der Waals surface area contributed by atoms with E-state index in [1.165, 1.54) is 17.3 Å². The van der Waals surface area contributed by atoms with Crippen LogP contribution in [0.15, 0.2) is 48.5 Å². The Balaban J connectivity index is 1.72. The van der Waals surface area contributed by atoms with Gasteiger partial charge >= 0.3 is 0 Å². The van der Waals surface area contributed by atoms with E-state index in [4.69, 9.17) is 0 Å². The smallest absolute Gasteiger partial charge is 0.218 e. The van der Waals surface area contributed by atoms with Crippen molar-refractivity contribution in [1.82, 2.24) is 4.31 Å². The molecule has 0 aromatic heterocycles. The molecule has 1 aliphatic heterocycles. The molecular weight excluding hydrogens is 355 g/mol. The van der Waals surface area contributed by atoms with Crippen LogP contribution >= 0.6 is 0 Å². The molecule has 1 fully saturated rings. The number of halogens is 1. The lowest BCUT2D eigenvalue weighted by Crippen LogP contribution is -2.49. The first-order chi connectivity index (χ1) is 12.4. The van der Waals surface area contributed by atoms with E-state index >= 15 is 0 Å². The summed E-state index contributed by atoms with van der Waals surface area (Å²) in [5, 5.41) is 0. The van der Waals surface area contributed by atoms with Crippen LogP contribution in [-0.2, 0) is 15.8 Å². The molecule has 0 unspecified atom stereocenters. The average Bonchev–Trinajstić information content (AvgIpc) is 2.62. The summed E-state index contributed by atoms with van der Waals surface area (Å²) in [5.41, 5.74) is 1.34. The summed E-state index contributed by atoms with van der Waals surface area (Å²) in [7, 11) is -3.41. The summed E-state index contributed by atoms with van der Waals surface area (Å²) in [6, 6.07) is 13.6. The molecule has 0 atom stereocenters. The standard InChI is InChI=1S/C19H21FN2O3S/c1-15(23)19-17(20)8-5-9-18(19)21-10-12-22(13-11-21)26(24,25)14-16-6-3-2-4-7-16/h2-9H,10-14H2,1H3. The van der Waals surface area contributed by atoms with Crippen molar-refractivity contribution >= 4 is 21.5 Å². The van der Waals surface area contributed by atoms with Gasteiger partial charge in [0, 0.05) is 26.2 Å². The first-order valence-corrected chi connectivity index (χ1v) is 10.1. The Kier molecular flexibility index (Phi) is 5.38. The largest absolute Gasteiger partial charge is 0.368 e. The van der Waals surface area contributed by atoms with E-state index in [1.807, 2.05) is 23.1 Å². The maximum atomic E-state index is 14.0. The molecule has 0 radical (unpaired) electrons. The Labute approximate surface area is 153 Å². The number of sulfonamides is 1. The quantitative estimate of drug-likeness (QED) is 0.753. The molecule has 1 heterocycles. The van der Waals surface area contributed by atoms with Crippen molar-refractivity contribution in [2.24, 2.45) is 0 Å². The summed E-state index contributed by atoms with van der Waals surface area (Å²) in [6.07, 6.45) is 0. The van der Waals surface area contributed by atoms with E-state index in [2.05, 4.69) is 0 Å². The van der Waals surface area contributed by atoms with Gasteiger partial charge in [-0.3, -0.25) is 4.79 Å². The molecule has 0 N–H and O–H groups in total. The van der Waals surface area contributed by atoms with Crippen molar-refractivity contribution in [3.8, 4) is 0 Å². The first-order valence-electron chi connectivity index (χ1n) is 8.44. The predicted octanol–water partition coefficient (Wildman–Crippen LogP) is 2.68. The maximum Gasteiger partial charge on any atom is 0.218 e. The van der Waals surface area contributed by atoms with E-state index in [-0.39, 0.29) is 17.1 Å². The highest BCUT2D eigenvalue weighted by atomic mass is 32.2. The highest BCUT2D eigenvalue weighted by Crippen LogP contribution is 2.26. The predicted molar refractivity (Wildman–Crippen MR) is 99.3 cm³/mol. The zero-order chi connectivity index (χ0) is 18.7. The van der Waals surface area contributed by atoms with Crippen LogP contribution in [0.4, 0.5) is 10.1 Å². The summed E-state index contributed by atoms with van der Waals surface area (Å²) in [4.78, 5) is 13.7. The molecule has 0 aliphatic carbocycles. The highest BCUT2D eigenvalue weighted by molar-refractivity contribution is 7.88. The number of rotatable bonds is 5. The van der Waals surface area contributed by atoms with Crippen molar-refractivity contribution < 1.29 is 17.6 Å². The van der Waals surface area contributed by atoms with Crippen LogP contribution in [0.5, 0.6) is 0 Å². The third-order valence-electron chi connectivity index (χ3n) is 4.51. The number of nitrogens with zero attached hydrogens (tertiary/aromatic N) is 2. The molecule has 0 saturated carbocycles. The molecular formula is C19H21FN2O3S. The van der Waals surface area contributed by atoms with Gasteiger partial charge < -0.3 is 4.90 Å². The molecule has 0 bridgehead atoms. The molecule has 0 spiro atoms. The number of hydrogen-bond acceptors (Lipinski definition) is 4. The molecule has 7 heteroatoms. The van der Waals surface area contributed by atoms with Crippen LogP contribution in [0.3, 0.4) is 0 Å². The van der Waals surface area contributed by atoms with Gasteiger partial charge in [0.25, 0.3) is 0 Å². The zero-order valence-electron chi connectivity index (χ0n) is 14.6. The summed E-state index contributed by atoms with van der Waals surface area (Å²) in [6.45, 7) is 2.78. The number of hydrogen-bond donors (Lipinski definition) is 0. The van der Waals surface area contributed by atoms with E-state index in [0.717, 1.165) is 5.56 Å². The average molecular weight is 376 g/mol. The van der Waals surface area contributed by atoms with Crippen LogP contribution in [-0.4, -0.2) is 44.7 Å². The maximum absolute atomic E-state index is 14.0. The summed E-state index contributed by atoms with van der Waals surface area (Å²) >= 11 is 0. The molecule has 0 amide bonds. The van der Waals surface area contributed by atoms with Crippen molar-refractivity contribution in [2.75, 3.05) is 31.1 Å². The fourth-order valence-electron chi connectivity index (χ4n) is 3.21. The second-order valence-electron chi connectivity index (χ2n) is 6.32. The van der Waals surface area contributed by atoms with Gasteiger partial charge in [-0.05, 0) is 24.6 Å². The monoisotopic (exact) mass is 376 g/mol. The number of carbonyl (C=O) groups excluding carboxylic acids is 1. The fraction of sp³-hybridized carbons (Fsp3) is 0.316. The van der Waals surface area contributed by atoms with Gasteiger partial charge in [0.2, 0.25) is 10.0 Å². The van der Waals surface area contributed by atoms with E-state index in [1.54, 1.807) is 24.3 Å². The number of piperazine rings is 1. The van der Waals surface area contributed by atoms with Gasteiger partial charge in [-0.1, -0.05) is 36.4 Å². The van der Waals surface area contributed by atoms with Gasteiger partial charge in [-0.15, -0.1) is 0 Å². The SMILES string of the molecule is CC(=O)c1c(F)cccc1N1CCN(S(=O)(=O)Cc2ccccc2)CC1. The Morgan fingerprint density at radius 2 is 1.65 bits per heavy atom. The Morgan fingerprint density at radius 1 is 1.00 bits per heavy atom. The van der Waals surface area contributed by atoms with Crippen LogP contribution in [0.1, 0.15) is 22.8 Å². The van der Waals surface area contributed by atoms with Gasteiger partial charge in [0.05, 0.1) is 17.0 Å². The molecule has 1 aliphatic rings. The van der Waals surface area contributed by atoms with Gasteiger partial charge in [0.1, 0.15) is 5.82 Å². The molecule has 2 aromatic carbocycles. The lowest BCUT2D eigenvalue weighted by molar-refractivity contribution is 0.101. The van der Waals surface area contributed by atoms with Gasteiger partial charge in [-0.25, -0.2) is 12.8 Å². The van der Waals surface area contributed by atoms with Gasteiger partial charge in [0.15, 0.2) is 5.78 Å². The van der Waals surface area contributed by atoms with E-state index in [9.17, 15) is 17.6 Å². The van der Waals surface area contributed by atoms with Crippen LogP contribution < -0.4 is 4.90 Å². The van der Waals surface area contributed by atoms with Crippen molar-refractivity contribution in [3.05, 3.63) is 65.5 Å². The second-order valence-corrected chi connectivity index (χ2v) is 8.29. The van der Waals surface area contributed by atoms with Crippen molar-refractivity contribution in [3.63, 3.8) is 0 Å². The Hall–Kier alpha value is -2.25. The third kappa shape index (κ3) is 3.94. The van der Waals surface area contributed by atoms with Crippen LogP contribution in [0.2, 0.25) is 0 Å². The normalized spacial score (nSPS) is 15.8. The molecule has 2 aromatic rings. The number of ketones is 1. The number of Topliss-reactive ketones (excluding diaryl/α,β-unsaturated/α-hetero) is 1. The minimum absolute atomic E-state index is 0.0352. The van der Waals surface area contributed by atoms with Crippen molar-refractivity contribution in [1.29, 1.82) is 0 Å². The molecule has 1 saturated heterocycles. The van der Waals surface area contributed by atoms with Crippen LogP contribution in [0, 0.1) is 5.82 Å². The molecule has 3 rings (SSSR count). The molecule has 138 valence electrons. The van der Waals surface area contributed by atoms with Crippen LogP contribution in [0.25, 0.3) is 0 Å². The number of benzene rings is 2. The van der Waals surface area contributed by atoms with Gasteiger partial charge in [-0.2, -0.15) is 4.31 Å². The topological polar surface area (TPSA) is 57.7 Å². The lowest BCUT2D eigenvalue weighted by atomic mass is 10.1. The minimum Gasteiger partial charge on any atom is -0.368 e. The number of anilines is 1. The van der Waals surface area contributed by atoms with E-state index in [0.29, 0.717) is 31.9 Å².